The van der Waals surface area contributed by atoms with Crippen LogP contribution in [0, 0.1) is 19.8 Å². The van der Waals surface area contributed by atoms with Crippen molar-refractivity contribution in [3.05, 3.63) is 211 Å². The number of aryl methyl sites for hydroxylation is 2. The largest absolute Gasteiger partial charge is 0.507 e. The number of hydrogen-bond donors (Lipinski definition) is 1. The molecule has 3 aromatic heterocycles. The molecule has 0 radical (unpaired) electrons. The average Bonchev–Trinajstić information content (AvgIpc) is 3.90. The van der Waals surface area contributed by atoms with E-state index in [1.54, 1.807) is 42.6 Å². The average molecular weight is 985 g/mol. The normalized spacial score (nSPS) is 13.2. The number of fused-ring (bicyclic) bond motifs is 4. The molecule has 0 fully saturated rings. The van der Waals surface area contributed by atoms with Gasteiger partial charge in [-0.2, -0.15) is 0 Å². The third-order valence-electron chi connectivity index (χ3n) is 11.4. The van der Waals surface area contributed by atoms with Gasteiger partial charge >= 0.3 is 0 Å². The topological polar surface area (TPSA) is 55.9 Å². The van der Waals surface area contributed by atoms with E-state index in [1.165, 1.54) is 0 Å². The van der Waals surface area contributed by atoms with E-state index >= 15 is 0 Å². The molecule has 11 rings (SSSR count). The van der Waals surface area contributed by atoms with Crippen LogP contribution in [0.2, 0.25) is 0 Å². The summed E-state index contributed by atoms with van der Waals surface area (Å²) in [4.78, 5) is 10.4. The molecule has 0 unspecified atom stereocenters. The second-order valence-electron chi connectivity index (χ2n) is 15.1. The number of aromatic nitrogens is 4. The molecule has 11 aromatic rings. The van der Waals surface area contributed by atoms with Gasteiger partial charge in [0.05, 0.1) is 22.3 Å². The van der Waals surface area contributed by atoms with Crippen molar-refractivity contribution in [1.82, 2.24) is 19.1 Å². The first-order chi connectivity index (χ1) is 32.4. The number of hydrogen-bond acceptors (Lipinski definition) is 3. The minimum absolute atomic E-state index is 0. The van der Waals surface area contributed by atoms with Crippen LogP contribution >= 0.6 is 0 Å². The molecule has 1 N–H and O–H groups in total. The molecule has 0 aliphatic rings. The number of rotatable bonds is 7. The number of imidazole rings is 1. The Balaban J connectivity index is 0.00000539. The van der Waals surface area contributed by atoms with Crippen molar-refractivity contribution >= 4 is 32.8 Å². The summed E-state index contributed by atoms with van der Waals surface area (Å²) in [6, 6.07) is 63.4. The van der Waals surface area contributed by atoms with Crippen molar-refractivity contribution in [2.75, 3.05) is 0 Å². The third kappa shape index (κ3) is 6.63. The van der Waals surface area contributed by atoms with E-state index < -0.39 is 13.7 Å². The van der Waals surface area contributed by atoms with E-state index in [0.717, 1.165) is 66.4 Å². The Bertz CT molecular complexity index is 3680. The molecule has 8 aromatic carbocycles. The van der Waals surface area contributed by atoms with Crippen LogP contribution in [-0.4, -0.2) is 24.2 Å². The fourth-order valence-electron chi connectivity index (χ4n) is 8.60. The van der Waals surface area contributed by atoms with Crippen LogP contribution in [0.3, 0.4) is 0 Å². The predicted molar refractivity (Wildman–Crippen MR) is 250 cm³/mol. The molecule has 62 heavy (non-hydrogen) atoms. The van der Waals surface area contributed by atoms with E-state index in [2.05, 4.69) is 41.0 Å². The summed E-state index contributed by atoms with van der Waals surface area (Å²) in [6.45, 7) is -4.56. The second kappa shape index (κ2) is 15.9. The number of nitrogens with zero attached hydrogens (tertiary/aromatic N) is 4. The molecule has 0 aliphatic carbocycles. The number of pyridine rings is 1. The Hall–Kier alpha value is -7.33. The first kappa shape index (κ1) is 32.4. The maximum atomic E-state index is 11.4. The zero-order valence-corrected chi connectivity index (χ0v) is 35.3. The van der Waals surface area contributed by atoms with E-state index in [1.807, 2.05) is 126 Å². The molecule has 0 saturated carbocycles. The minimum Gasteiger partial charge on any atom is -0.507 e. The fraction of sp³-hybridized carbons (Fsp3) is 0.0357. The maximum Gasteiger partial charge on any atom is 0.148 e. The Kier molecular flexibility index (Phi) is 8.34. The van der Waals surface area contributed by atoms with Crippen molar-refractivity contribution in [2.45, 2.75) is 13.7 Å². The Morgan fingerprint density at radius 3 is 2.06 bits per heavy atom. The number of aromatic hydroxyl groups is 1. The quantitative estimate of drug-likeness (QED) is 0.162. The Labute approximate surface area is 382 Å². The Morgan fingerprint density at radius 2 is 1.26 bits per heavy atom. The zero-order chi connectivity index (χ0) is 46.0. The molecule has 0 aliphatic heterocycles. The summed E-state index contributed by atoms with van der Waals surface area (Å²) in [7, 11) is 0. The summed E-state index contributed by atoms with van der Waals surface area (Å²) in [5.41, 5.74) is 12.1. The SMILES string of the molecule is [2H]C([2H])([2H])c1ccc(-c2ccnc(-c3[c-]c(-c4cccc5c4nc(-c4ccccc4O)n5-c4ccc(C([2H])([2H])[2H])cc4-c4ccccc4)cc4c5ccccc5n(-c5ccccc5)c34)c2)cc1.[Pt]. The van der Waals surface area contributed by atoms with Crippen LogP contribution in [0.25, 0.3) is 100 Å². The molecular formula is C56H39N4OPt-. The van der Waals surface area contributed by atoms with Gasteiger partial charge in [-0.3, -0.25) is 9.55 Å². The molecule has 3 heterocycles. The van der Waals surface area contributed by atoms with Gasteiger partial charge in [0, 0.05) is 57.9 Å². The van der Waals surface area contributed by atoms with Gasteiger partial charge in [0.15, 0.2) is 0 Å². The van der Waals surface area contributed by atoms with Gasteiger partial charge in [0.2, 0.25) is 0 Å². The summed E-state index contributed by atoms with van der Waals surface area (Å²) in [5.74, 6) is 0.518. The summed E-state index contributed by atoms with van der Waals surface area (Å²) >= 11 is 0. The monoisotopic (exact) mass is 984 g/mol. The van der Waals surface area contributed by atoms with Crippen LogP contribution < -0.4 is 0 Å². The van der Waals surface area contributed by atoms with Gasteiger partial charge in [-0.05, 0) is 95.9 Å². The van der Waals surface area contributed by atoms with Crippen LogP contribution in [0.1, 0.15) is 19.4 Å². The third-order valence-corrected chi connectivity index (χ3v) is 11.4. The van der Waals surface area contributed by atoms with Gasteiger partial charge in [-0.1, -0.05) is 155 Å². The minimum atomic E-state index is -2.35. The van der Waals surface area contributed by atoms with Crippen LogP contribution in [0.4, 0.5) is 0 Å². The first-order valence-electron chi connectivity index (χ1n) is 23.1. The Morgan fingerprint density at radius 1 is 0.548 bits per heavy atom. The summed E-state index contributed by atoms with van der Waals surface area (Å²) in [5, 5.41) is 13.5. The summed E-state index contributed by atoms with van der Waals surface area (Å²) in [6.07, 6.45) is 1.77. The van der Waals surface area contributed by atoms with Crippen molar-refractivity contribution in [3.8, 4) is 73.2 Å². The van der Waals surface area contributed by atoms with Crippen LogP contribution in [0.15, 0.2) is 194 Å². The number of phenolic OH excluding ortho intramolecular Hbond substituents is 1. The number of para-hydroxylation sites is 4. The smallest absolute Gasteiger partial charge is 0.148 e. The molecule has 6 heteroatoms. The van der Waals surface area contributed by atoms with Crippen molar-refractivity contribution in [1.29, 1.82) is 0 Å². The molecule has 0 amide bonds. The van der Waals surface area contributed by atoms with E-state index in [4.69, 9.17) is 18.2 Å². The van der Waals surface area contributed by atoms with E-state index in [0.29, 0.717) is 33.8 Å². The van der Waals surface area contributed by atoms with Gasteiger partial charge in [0.25, 0.3) is 0 Å². The van der Waals surface area contributed by atoms with Crippen molar-refractivity contribution in [2.24, 2.45) is 0 Å². The van der Waals surface area contributed by atoms with Gasteiger partial charge in [-0.15, -0.1) is 17.7 Å². The fourth-order valence-corrected chi connectivity index (χ4v) is 8.60. The molecule has 0 spiro atoms. The van der Waals surface area contributed by atoms with Crippen LogP contribution in [0.5, 0.6) is 5.75 Å². The van der Waals surface area contributed by atoms with Crippen molar-refractivity contribution < 1.29 is 34.4 Å². The van der Waals surface area contributed by atoms with Crippen LogP contribution in [-0.2, 0) is 21.1 Å². The number of benzene rings is 8. The molecule has 0 saturated heterocycles. The molecular weight excluding hydrogens is 940 g/mol. The first-order valence-corrected chi connectivity index (χ1v) is 20.1. The molecule has 300 valence electrons. The van der Waals surface area contributed by atoms with Crippen molar-refractivity contribution in [3.63, 3.8) is 0 Å². The molecule has 0 atom stereocenters. The van der Waals surface area contributed by atoms with E-state index in [9.17, 15) is 5.11 Å². The van der Waals surface area contributed by atoms with Gasteiger partial charge < -0.3 is 9.67 Å². The van der Waals surface area contributed by atoms with Gasteiger partial charge in [0.1, 0.15) is 11.6 Å². The standard InChI is InChI=1S/C56H39N4O.Pt/c1-36-24-27-38(28-25-36)40-30-31-57-49(35-40)48-34-41(33-47-44-18-9-11-21-50(44)59(55(47)48)42-16-7-4-8-17-42)43-20-13-22-52-54(43)58-56(45-19-10-12-23-53(45)61)60(52)51-29-26-37(2)32-46(51)39-14-5-3-6-15-39;/h3-33,35,61H,1-2H3;/q-1;/i1D3,2D3;. The number of phenols is 1. The van der Waals surface area contributed by atoms with Gasteiger partial charge in [-0.25, -0.2) is 4.98 Å². The maximum absolute atomic E-state index is 11.4. The molecule has 0 bridgehead atoms. The summed E-state index contributed by atoms with van der Waals surface area (Å²) < 4.78 is 52.9. The second-order valence-corrected chi connectivity index (χ2v) is 15.1. The predicted octanol–water partition coefficient (Wildman–Crippen LogP) is 14.0. The van der Waals surface area contributed by atoms with E-state index in [-0.39, 0.29) is 37.9 Å². The molecule has 5 nitrogen and oxygen atoms in total. The zero-order valence-electron chi connectivity index (χ0n) is 39.0.